The van der Waals surface area contributed by atoms with Crippen LogP contribution in [0.3, 0.4) is 0 Å². The van der Waals surface area contributed by atoms with E-state index in [1.54, 1.807) is 14.0 Å². The second-order valence-electron chi connectivity index (χ2n) is 4.75. The smallest absolute Gasteiger partial charge is 0.325 e. The van der Waals surface area contributed by atoms with Crippen molar-refractivity contribution in [1.29, 1.82) is 0 Å². The van der Waals surface area contributed by atoms with Gasteiger partial charge in [0, 0.05) is 27.1 Å². The Bertz CT molecular complexity index is 721. The summed E-state index contributed by atoms with van der Waals surface area (Å²) in [4.78, 5) is 28.8. The normalized spacial score (nSPS) is 11.4. The Morgan fingerprint density at radius 3 is 2.37 bits per heavy atom. The molecule has 104 valence electrons. The van der Waals surface area contributed by atoms with Gasteiger partial charge in [0.05, 0.1) is 0 Å². The highest BCUT2D eigenvalue weighted by molar-refractivity contribution is 5.70. The summed E-state index contributed by atoms with van der Waals surface area (Å²) in [5, 5.41) is 0. The van der Waals surface area contributed by atoms with Gasteiger partial charge in [-0.1, -0.05) is 13.3 Å². The van der Waals surface area contributed by atoms with Gasteiger partial charge < -0.3 is 4.57 Å². The monoisotopic (exact) mass is 264 g/mol. The molecule has 0 amide bonds. The Hall–Kier alpha value is -1.85. The quantitative estimate of drug-likeness (QED) is 0.820. The lowest BCUT2D eigenvalue weighted by Crippen LogP contribution is -2.39. The molecule has 0 atom stereocenters. The Kier molecular flexibility index (Phi) is 3.59. The maximum absolute atomic E-state index is 12.3. The molecule has 0 N–H and O–H groups in total. The molecule has 6 heteroatoms. The Balaban J connectivity index is 2.80. The van der Waals surface area contributed by atoms with Crippen molar-refractivity contribution in [3.05, 3.63) is 26.7 Å². The number of hydrogen-bond donors (Lipinski definition) is 0. The third kappa shape index (κ3) is 2.01. The van der Waals surface area contributed by atoms with Crippen LogP contribution in [0.2, 0.25) is 0 Å². The van der Waals surface area contributed by atoms with E-state index in [4.69, 9.17) is 0 Å². The Labute approximate surface area is 111 Å². The van der Waals surface area contributed by atoms with Crippen LogP contribution in [-0.4, -0.2) is 18.7 Å². The van der Waals surface area contributed by atoms with Crippen LogP contribution in [0.4, 0.5) is 0 Å². The average Bonchev–Trinajstić information content (AvgIpc) is 2.72. The van der Waals surface area contributed by atoms with Crippen LogP contribution in [0, 0.1) is 0 Å². The van der Waals surface area contributed by atoms with Gasteiger partial charge in [-0.05, 0) is 13.3 Å². The van der Waals surface area contributed by atoms with E-state index in [2.05, 4.69) is 11.9 Å². The van der Waals surface area contributed by atoms with Crippen molar-refractivity contribution < 1.29 is 0 Å². The summed E-state index contributed by atoms with van der Waals surface area (Å²) < 4.78 is 4.52. The van der Waals surface area contributed by atoms with Crippen LogP contribution in [0.5, 0.6) is 0 Å². The second-order valence-corrected chi connectivity index (χ2v) is 4.75. The molecule has 0 fully saturated rings. The molecule has 2 aromatic rings. The Morgan fingerprint density at radius 2 is 1.79 bits per heavy atom. The summed E-state index contributed by atoms with van der Waals surface area (Å²) >= 11 is 0. The average molecular weight is 264 g/mol. The number of nitrogens with zero attached hydrogens (tertiary/aromatic N) is 4. The van der Waals surface area contributed by atoms with Gasteiger partial charge in [-0.3, -0.25) is 13.9 Å². The predicted molar refractivity (Wildman–Crippen MR) is 74.5 cm³/mol. The van der Waals surface area contributed by atoms with Crippen LogP contribution in [0.15, 0.2) is 9.59 Å². The highest BCUT2D eigenvalue weighted by atomic mass is 16.2. The summed E-state index contributed by atoms with van der Waals surface area (Å²) in [5.41, 5.74) is 0.432. The summed E-state index contributed by atoms with van der Waals surface area (Å²) in [6.07, 6.45) is 2.91. The molecule has 0 aliphatic heterocycles. The van der Waals surface area contributed by atoms with Crippen molar-refractivity contribution in [2.75, 3.05) is 0 Å². The molecular formula is C13H20N4O2. The molecule has 0 radical (unpaired) electrons. The first-order chi connectivity index (χ1) is 9.02. The number of aryl methyl sites for hydroxylation is 3. The molecule has 0 saturated heterocycles. The van der Waals surface area contributed by atoms with Crippen molar-refractivity contribution in [3.8, 4) is 0 Å². The molecule has 0 aromatic carbocycles. The summed E-state index contributed by atoms with van der Waals surface area (Å²) in [7, 11) is 3.50. The lowest BCUT2D eigenvalue weighted by Gasteiger charge is -2.05. The fourth-order valence-corrected chi connectivity index (χ4v) is 2.33. The molecule has 0 unspecified atom stereocenters. The zero-order valence-electron chi connectivity index (χ0n) is 11.9. The molecule has 0 saturated carbocycles. The number of fused-ring (bicyclic) bond motifs is 1. The van der Waals surface area contributed by atoms with Gasteiger partial charge in [0.25, 0.3) is 5.56 Å². The van der Waals surface area contributed by atoms with Gasteiger partial charge in [0.15, 0.2) is 11.2 Å². The van der Waals surface area contributed by atoms with Crippen LogP contribution >= 0.6 is 0 Å². The first-order valence-corrected chi connectivity index (χ1v) is 6.68. The minimum absolute atomic E-state index is 0.252. The number of aromatic nitrogens is 4. The number of unbranched alkanes of at least 4 members (excludes halogenated alkanes) is 1. The number of rotatable bonds is 4. The minimum atomic E-state index is -0.305. The standard InChI is InChI=1S/C13H20N4O2/c1-5-7-8-9-14-11-10(15(9)3)12(18)17(6-2)13(19)16(11)4/h5-8H2,1-4H3. The summed E-state index contributed by atoms with van der Waals surface area (Å²) in [6.45, 7) is 4.28. The molecule has 6 nitrogen and oxygen atoms in total. The predicted octanol–water partition coefficient (Wildman–Crippen LogP) is 0.796. The van der Waals surface area contributed by atoms with Gasteiger partial charge in [-0.25, -0.2) is 9.78 Å². The van der Waals surface area contributed by atoms with Gasteiger partial charge >= 0.3 is 5.69 Å². The highest BCUT2D eigenvalue weighted by Gasteiger charge is 2.17. The van der Waals surface area contributed by atoms with E-state index in [1.807, 2.05) is 11.6 Å². The fraction of sp³-hybridized carbons (Fsp3) is 0.615. The molecule has 0 spiro atoms. The number of imidazole rings is 1. The molecule has 0 aliphatic carbocycles. The number of hydrogen-bond acceptors (Lipinski definition) is 3. The fourth-order valence-electron chi connectivity index (χ4n) is 2.33. The van der Waals surface area contributed by atoms with E-state index < -0.39 is 0 Å². The van der Waals surface area contributed by atoms with Gasteiger partial charge in [0.1, 0.15) is 5.82 Å². The molecular weight excluding hydrogens is 244 g/mol. The van der Waals surface area contributed by atoms with Gasteiger partial charge in [-0.15, -0.1) is 0 Å². The van der Waals surface area contributed by atoms with E-state index in [9.17, 15) is 9.59 Å². The topological polar surface area (TPSA) is 61.8 Å². The van der Waals surface area contributed by atoms with E-state index in [0.717, 1.165) is 25.1 Å². The first kappa shape index (κ1) is 13.6. The first-order valence-electron chi connectivity index (χ1n) is 6.68. The van der Waals surface area contributed by atoms with E-state index in [1.165, 1.54) is 9.13 Å². The maximum Gasteiger partial charge on any atom is 0.332 e. The molecule has 2 aromatic heterocycles. The molecule has 2 rings (SSSR count). The molecule has 19 heavy (non-hydrogen) atoms. The summed E-state index contributed by atoms with van der Waals surface area (Å²) in [5.74, 6) is 0.859. The third-order valence-electron chi connectivity index (χ3n) is 3.52. The second kappa shape index (κ2) is 5.03. The summed E-state index contributed by atoms with van der Waals surface area (Å²) in [6, 6.07) is 0. The molecule has 0 bridgehead atoms. The van der Waals surface area contributed by atoms with Crippen molar-refractivity contribution in [2.45, 2.75) is 39.7 Å². The van der Waals surface area contributed by atoms with Crippen molar-refractivity contribution in [2.24, 2.45) is 14.1 Å². The van der Waals surface area contributed by atoms with Crippen molar-refractivity contribution >= 4 is 11.2 Å². The zero-order chi connectivity index (χ0) is 14.2. The lowest BCUT2D eigenvalue weighted by atomic mass is 10.2. The van der Waals surface area contributed by atoms with Crippen LogP contribution in [0.1, 0.15) is 32.5 Å². The molecule has 0 aliphatic rings. The van der Waals surface area contributed by atoms with Crippen molar-refractivity contribution in [1.82, 2.24) is 18.7 Å². The van der Waals surface area contributed by atoms with Crippen LogP contribution in [-0.2, 0) is 27.1 Å². The molecule has 2 heterocycles. The van der Waals surface area contributed by atoms with E-state index in [-0.39, 0.29) is 11.2 Å². The van der Waals surface area contributed by atoms with Crippen molar-refractivity contribution in [3.63, 3.8) is 0 Å². The SMILES string of the molecule is CCCCc1nc2c(c(=O)n(CC)c(=O)n2C)n1C. The Morgan fingerprint density at radius 1 is 1.11 bits per heavy atom. The van der Waals surface area contributed by atoms with Crippen LogP contribution < -0.4 is 11.2 Å². The highest BCUT2D eigenvalue weighted by Crippen LogP contribution is 2.11. The third-order valence-corrected chi connectivity index (χ3v) is 3.52. The van der Waals surface area contributed by atoms with E-state index in [0.29, 0.717) is 17.7 Å². The van der Waals surface area contributed by atoms with Gasteiger partial charge in [0.2, 0.25) is 0 Å². The van der Waals surface area contributed by atoms with Gasteiger partial charge in [-0.2, -0.15) is 0 Å². The largest absolute Gasteiger partial charge is 0.332 e. The minimum Gasteiger partial charge on any atom is -0.325 e. The van der Waals surface area contributed by atoms with Crippen LogP contribution in [0.25, 0.3) is 11.2 Å². The van der Waals surface area contributed by atoms with E-state index >= 15 is 0 Å². The lowest BCUT2D eigenvalue weighted by molar-refractivity contribution is 0.635. The zero-order valence-corrected chi connectivity index (χ0v) is 11.9. The maximum atomic E-state index is 12.3.